The van der Waals surface area contributed by atoms with E-state index in [1.54, 1.807) is 19.1 Å². The van der Waals surface area contributed by atoms with Gasteiger partial charge in [-0.3, -0.25) is 4.79 Å². The quantitative estimate of drug-likeness (QED) is 0.212. The summed E-state index contributed by atoms with van der Waals surface area (Å²) in [6.07, 6.45) is 0. The lowest BCUT2D eigenvalue weighted by molar-refractivity contribution is 0.0528. The molecule has 0 saturated heterocycles. The molecule has 0 bridgehead atoms. The van der Waals surface area contributed by atoms with Crippen molar-refractivity contribution < 1.29 is 19.1 Å². The molecule has 1 atom stereocenters. The molecule has 4 aromatic rings. The minimum Gasteiger partial charge on any atom is -0.488 e. The van der Waals surface area contributed by atoms with Crippen LogP contribution < -0.4 is 10.1 Å². The van der Waals surface area contributed by atoms with Gasteiger partial charge in [0.2, 0.25) is 0 Å². The first-order chi connectivity index (χ1) is 17.5. The molecule has 1 heterocycles. The van der Waals surface area contributed by atoms with Gasteiger partial charge in [-0.15, -0.1) is 11.3 Å². The van der Waals surface area contributed by atoms with E-state index in [2.05, 4.69) is 40.3 Å². The number of thiophene rings is 1. The molecule has 0 radical (unpaired) electrons. The fourth-order valence-corrected chi connectivity index (χ4v) is 5.15. The average Bonchev–Trinajstić information content (AvgIpc) is 3.32. The summed E-state index contributed by atoms with van der Waals surface area (Å²) < 4.78 is 12.0. The summed E-state index contributed by atoms with van der Waals surface area (Å²) in [5, 5.41) is 3.40. The Hall–Kier alpha value is -3.42. The third-order valence-electron chi connectivity index (χ3n) is 5.65. The van der Waals surface area contributed by atoms with E-state index >= 15 is 0 Å². The van der Waals surface area contributed by atoms with Crippen LogP contribution in [0.1, 0.15) is 56.5 Å². The van der Waals surface area contributed by atoms with Gasteiger partial charge in [-0.2, -0.15) is 0 Å². The minimum atomic E-state index is -0.449. The van der Waals surface area contributed by atoms with Gasteiger partial charge in [-0.25, -0.2) is 4.79 Å². The summed E-state index contributed by atoms with van der Waals surface area (Å²) >= 11 is 4.86. The van der Waals surface area contributed by atoms with Gasteiger partial charge in [0.1, 0.15) is 17.4 Å². The zero-order chi connectivity index (χ0) is 25.5. The molecule has 1 N–H and O–H groups in total. The van der Waals surface area contributed by atoms with Crippen LogP contribution in [0.3, 0.4) is 0 Å². The molecule has 1 aromatic heterocycles. The van der Waals surface area contributed by atoms with E-state index < -0.39 is 5.97 Å². The van der Waals surface area contributed by atoms with Crippen molar-refractivity contribution in [2.24, 2.45) is 0 Å². The number of esters is 1. The van der Waals surface area contributed by atoms with Crippen molar-refractivity contribution in [2.45, 2.75) is 26.4 Å². The predicted molar refractivity (Wildman–Crippen MR) is 147 cm³/mol. The lowest BCUT2D eigenvalue weighted by atomic mass is 9.99. The molecule has 0 fully saturated rings. The smallest absolute Gasteiger partial charge is 0.341 e. The summed E-state index contributed by atoms with van der Waals surface area (Å²) in [4.78, 5) is 26.6. The number of carbonyl (C=O) groups is 2. The van der Waals surface area contributed by atoms with Crippen molar-refractivity contribution >= 4 is 44.1 Å². The molecule has 0 aliphatic heterocycles. The first kappa shape index (κ1) is 25.7. The minimum absolute atomic E-state index is 0.0685. The highest BCUT2D eigenvalue weighted by molar-refractivity contribution is 9.10. The maximum Gasteiger partial charge on any atom is 0.341 e. The van der Waals surface area contributed by atoms with Crippen LogP contribution >= 0.6 is 27.3 Å². The SMILES string of the molecule is CCOC(=O)c1cc(C(C)c2ccccc2)sc1NC(=O)c1ccc(COc2ccccc2Br)cc1. The predicted octanol–water partition coefficient (Wildman–Crippen LogP) is 7.67. The Morgan fingerprint density at radius 1 is 0.972 bits per heavy atom. The molecule has 36 heavy (non-hydrogen) atoms. The largest absolute Gasteiger partial charge is 0.488 e. The van der Waals surface area contributed by atoms with Gasteiger partial charge < -0.3 is 14.8 Å². The third kappa shape index (κ3) is 6.22. The lowest BCUT2D eigenvalue weighted by Crippen LogP contribution is -2.14. The number of ether oxygens (including phenoxy) is 2. The van der Waals surface area contributed by atoms with Crippen LogP contribution in [0, 0.1) is 0 Å². The maximum atomic E-state index is 13.0. The first-order valence-corrected chi connectivity index (χ1v) is 13.2. The summed E-state index contributed by atoms with van der Waals surface area (Å²) in [6, 6.07) is 26.7. The van der Waals surface area contributed by atoms with Gasteiger partial charge in [0.15, 0.2) is 0 Å². The summed E-state index contributed by atoms with van der Waals surface area (Å²) in [5.74, 6) is 0.0812. The second-order valence-corrected chi connectivity index (χ2v) is 10.1. The fourth-order valence-electron chi connectivity index (χ4n) is 3.63. The molecule has 184 valence electrons. The van der Waals surface area contributed by atoms with Crippen molar-refractivity contribution in [3.63, 3.8) is 0 Å². The Balaban J connectivity index is 1.49. The third-order valence-corrected chi connectivity index (χ3v) is 7.54. The first-order valence-electron chi connectivity index (χ1n) is 11.6. The van der Waals surface area contributed by atoms with Crippen molar-refractivity contribution in [3.05, 3.63) is 117 Å². The Labute approximate surface area is 223 Å². The fraction of sp³-hybridized carbons (Fsp3) is 0.172. The number of hydrogen-bond acceptors (Lipinski definition) is 5. The van der Waals surface area contributed by atoms with Gasteiger partial charge in [0.05, 0.1) is 16.6 Å². The number of carbonyl (C=O) groups excluding carboxylic acids is 2. The number of halogens is 1. The second-order valence-electron chi connectivity index (χ2n) is 8.11. The van der Waals surface area contributed by atoms with Crippen molar-refractivity contribution in [2.75, 3.05) is 11.9 Å². The van der Waals surface area contributed by atoms with E-state index in [0.29, 0.717) is 22.7 Å². The molecule has 0 saturated carbocycles. The number of hydrogen-bond donors (Lipinski definition) is 1. The van der Waals surface area contributed by atoms with Gasteiger partial charge in [-0.05, 0) is 64.3 Å². The van der Waals surface area contributed by atoms with Crippen LogP contribution in [-0.2, 0) is 11.3 Å². The Kier molecular flexibility index (Phi) is 8.57. The molecule has 0 aliphatic carbocycles. The number of nitrogens with one attached hydrogen (secondary N) is 1. The Morgan fingerprint density at radius 3 is 2.36 bits per heavy atom. The van der Waals surface area contributed by atoms with E-state index in [1.807, 2.05) is 60.7 Å². The van der Waals surface area contributed by atoms with E-state index in [9.17, 15) is 9.59 Å². The molecule has 3 aromatic carbocycles. The van der Waals surface area contributed by atoms with E-state index in [0.717, 1.165) is 26.2 Å². The monoisotopic (exact) mass is 563 g/mol. The van der Waals surface area contributed by atoms with Crippen LogP contribution in [0.2, 0.25) is 0 Å². The second kappa shape index (κ2) is 12.0. The Morgan fingerprint density at radius 2 is 1.67 bits per heavy atom. The van der Waals surface area contributed by atoms with Crippen LogP contribution in [0.25, 0.3) is 0 Å². The number of para-hydroxylation sites is 1. The lowest BCUT2D eigenvalue weighted by Gasteiger charge is -2.10. The summed E-state index contributed by atoms with van der Waals surface area (Å²) in [5.41, 5.74) is 2.92. The zero-order valence-corrected chi connectivity index (χ0v) is 22.4. The van der Waals surface area contributed by atoms with Crippen molar-refractivity contribution in [3.8, 4) is 5.75 Å². The van der Waals surface area contributed by atoms with Gasteiger partial charge >= 0.3 is 5.97 Å². The molecule has 0 aliphatic rings. The molecular weight excluding hydrogens is 538 g/mol. The van der Waals surface area contributed by atoms with Crippen molar-refractivity contribution in [1.82, 2.24) is 0 Å². The van der Waals surface area contributed by atoms with Crippen LogP contribution in [-0.4, -0.2) is 18.5 Å². The van der Waals surface area contributed by atoms with Gasteiger partial charge in [0.25, 0.3) is 5.91 Å². The van der Waals surface area contributed by atoms with Crippen LogP contribution in [0.4, 0.5) is 5.00 Å². The van der Waals surface area contributed by atoms with E-state index in [4.69, 9.17) is 9.47 Å². The van der Waals surface area contributed by atoms with Crippen molar-refractivity contribution in [1.29, 1.82) is 0 Å². The highest BCUT2D eigenvalue weighted by Crippen LogP contribution is 2.36. The van der Waals surface area contributed by atoms with E-state index in [1.165, 1.54) is 11.3 Å². The maximum absolute atomic E-state index is 13.0. The molecule has 4 rings (SSSR count). The van der Waals surface area contributed by atoms with E-state index in [-0.39, 0.29) is 18.4 Å². The van der Waals surface area contributed by atoms with Gasteiger partial charge in [0, 0.05) is 16.4 Å². The topological polar surface area (TPSA) is 64.6 Å². The average molecular weight is 565 g/mol. The summed E-state index contributed by atoms with van der Waals surface area (Å²) in [7, 11) is 0. The number of rotatable bonds is 9. The molecule has 1 amide bonds. The van der Waals surface area contributed by atoms with Gasteiger partial charge in [-0.1, -0.05) is 61.5 Å². The molecular formula is C29H26BrNO4S. The summed E-state index contributed by atoms with van der Waals surface area (Å²) in [6.45, 7) is 4.48. The zero-order valence-electron chi connectivity index (χ0n) is 20.0. The molecule has 5 nitrogen and oxygen atoms in total. The van der Waals surface area contributed by atoms with Crippen LogP contribution in [0.15, 0.2) is 89.4 Å². The number of anilines is 1. The molecule has 1 unspecified atom stereocenters. The standard InChI is InChI=1S/C29H26BrNO4S/c1-3-34-29(33)23-17-26(19(2)21-9-5-4-6-10-21)36-28(23)31-27(32)22-15-13-20(14-16-22)18-35-25-12-8-7-11-24(25)30/h4-17,19H,3,18H2,1-2H3,(H,31,32). The molecule has 0 spiro atoms. The number of amides is 1. The Bertz CT molecular complexity index is 1340. The number of benzene rings is 3. The normalized spacial score (nSPS) is 11.5. The molecule has 7 heteroatoms. The highest BCUT2D eigenvalue weighted by atomic mass is 79.9. The van der Waals surface area contributed by atoms with Crippen LogP contribution in [0.5, 0.6) is 5.75 Å². The highest BCUT2D eigenvalue weighted by Gasteiger charge is 2.22.